The normalized spacial score (nSPS) is 20.1. The summed E-state index contributed by atoms with van der Waals surface area (Å²) in [4.78, 5) is 25.6. The summed E-state index contributed by atoms with van der Waals surface area (Å²) in [6.07, 6.45) is 3.05. The topological polar surface area (TPSA) is 49.4 Å². The summed E-state index contributed by atoms with van der Waals surface area (Å²) in [7, 11) is 0. The molecule has 114 valence electrons. The van der Waals surface area contributed by atoms with Crippen molar-refractivity contribution in [1.29, 1.82) is 0 Å². The monoisotopic (exact) mass is 288 g/mol. The molecule has 2 amide bonds. The van der Waals surface area contributed by atoms with E-state index in [1.165, 1.54) is 10.5 Å². The van der Waals surface area contributed by atoms with E-state index in [0.29, 0.717) is 6.42 Å². The lowest BCUT2D eigenvalue weighted by Crippen LogP contribution is -2.42. The van der Waals surface area contributed by atoms with Crippen LogP contribution in [0.1, 0.15) is 38.7 Å². The van der Waals surface area contributed by atoms with Gasteiger partial charge in [0, 0.05) is 6.04 Å². The molecule has 0 bridgehead atoms. The van der Waals surface area contributed by atoms with Gasteiger partial charge in [-0.15, -0.1) is 0 Å². The second-order valence-corrected chi connectivity index (χ2v) is 5.66. The van der Waals surface area contributed by atoms with Gasteiger partial charge < -0.3 is 5.32 Å². The van der Waals surface area contributed by atoms with Crippen LogP contribution in [0.4, 0.5) is 0 Å². The summed E-state index contributed by atoms with van der Waals surface area (Å²) in [5.41, 5.74) is 1.30. The fourth-order valence-electron chi connectivity index (χ4n) is 2.67. The zero-order valence-electron chi connectivity index (χ0n) is 12.8. The Kier molecular flexibility index (Phi) is 5.51. The summed E-state index contributed by atoms with van der Waals surface area (Å²) >= 11 is 0. The van der Waals surface area contributed by atoms with Gasteiger partial charge in [-0.25, -0.2) is 0 Å². The third-order valence-electron chi connectivity index (χ3n) is 4.09. The molecule has 1 aliphatic heterocycles. The molecule has 1 heterocycles. The third kappa shape index (κ3) is 3.91. The van der Waals surface area contributed by atoms with Crippen molar-refractivity contribution in [3.63, 3.8) is 0 Å². The Morgan fingerprint density at radius 2 is 2.00 bits per heavy atom. The zero-order valence-corrected chi connectivity index (χ0v) is 12.8. The van der Waals surface area contributed by atoms with Gasteiger partial charge >= 0.3 is 0 Å². The SMILES string of the molecule is CCC(C)N1C(=O)CC(NCCCc2ccccc2)C1=O. The fourth-order valence-corrected chi connectivity index (χ4v) is 2.67. The maximum absolute atomic E-state index is 12.2. The number of aryl methyl sites for hydroxylation is 1. The van der Waals surface area contributed by atoms with Crippen molar-refractivity contribution in [2.75, 3.05) is 6.54 Å². The molecule has 0 spiro atoms. The van der Waals surface area contributed by atoms with Crippen LogP contribution in [-0.4, -0.2) is 35.3 Å². The van der Waals surface area contributed by atoms with E-state index >= 15 is 0 Å². The molecule has 4 nitrogen and oxygen atoms in total. The Morgan fingerprint density at radius 3 is 2.67 bits per heavy atom. The lowest BCUT2D eigenvalue weighted by atomic mass is 10.1. The first-order valence-corrected chi connectivity index (χ1v) is 7.76. The average molecular weight is 288 g/mol. The Morgan fingerprint density at radius 1 is 1.29 bits per heavy atom. The molecule has 1 N–H and O–H groups in total. The molecule has 0 radical (unpaired) electrons. The number of hydrogen-bond donors (Lipinski definition) is 1. The van der Waals surface area contributed by atoms with Crippen molar-refractivity contribution >= 4 is 11.8 Å². The number of carbonyl (C=O) groups is 2. The van der Waals surface area contributed by atoms with Gasteiger partial charge in [-0.1, -0.05) is 37.3 Å². The summed E-state index contributed by atoms with van der Waals surface area (Å²) in [6, 6.07) is 9.96. The number of carbonyl (C=O) groups excluding carboxylic acids is 2. The van der Waals surface area contributed by atoms with E-state index in [9.17, 15) is 9.59 Å². The highest BCUT2D eigenvalue weighted by atomic mass is 16.2. The fraction of sp³-hybridized carbons (Fsp3) is 0.529. The summed E-state index contributed by atoms with van der Waals surface area (Å²) in [6.45, 7) is 4.67. The van der Waals surface area contributed by atoms with Crippen molar-refractivity contribution in [3.05, 3.63) is 35.9 Å². The molecule has 1 fully saturated rings. The maximum atomic E-state index is 12.2. The second kappa shape index (κ2) is 7.36. The molecule has 4 heteroatoms. The van der Waals surface area contributed by atoms with E-state index in [0.717, 1.165) is 25.8 Å². The van der Waals surface area contributed by atoms with Crippen LogP contribution in [0.3, 0.4) is 0 Å². The van der Waals surface area contributed by atoms with Crippen molar-refractivity contribution in [1.82, 2.24) is 10.2 Å². The molecule has 2 atom stereocenters. The Labute approximate surface area is 126 Å². The van der Waals surface area contributed by atoms with Crippen LogP contribution in [0.15, 0.2) is 30.3 Å². The molecule has 1 saturated heterocycles. The van der Waals surface area contributed by atoms with E-state index in [1.807, 2.05) is 32.0 Å². The van der Waals surface area contributed by atoms with E-state index in [1.54, 1.807) is 0 Å². The minimum absolute atomic E-state index is 0.00104. The minimum Gasteiger partial charge on any atom is -0.305 e. The van der Waals surface area contributed by atoms with E-state index in [4.69, 9.17) is 0 Å². The Balaban J connectivity index is 1.77. The molecule has 1 aromatic carbocycles. The maximum Gasteiger partial charge on any atom is 0.247 e. The number of hydrogen-bond acceptors (Lipinski definition) is 3. The lowest BCUT2D eigenvalue weighted by molar-refractivity contribution is -0.141. The predicted octanol–water partition coefficient (Wildman–Crippen LogP) is 2.13. The summed E-state index contributed by atoms with van der Waals surface area (Å²) in [5.74, 6) is -0.107. The van der Waals surface area contributed by atoms with Crippen molar-refractivity contribution in [2.24, 2.45) is 0 Å². The molecule has 0 aliphatic carbocycles. The molecule has 0 saturated carbocycles. The van der Waals surface area contributed by atoms with Crippen molar-refractivity contribution in [2.45, 2.75) is 51.6 Å². The first kappa shape index (κ1) is 15.7. The first-order chi connectivity index (χ1) is 10.1. The van der Waals surface area contributed by atoms with Gasteiger partial charge in [-0.3, -0.25) is 14.5 Å². The molecule has 1 aromatic rings. The van der Waals surface area contributed by atoms with Crippen LogP contribution < -0.4 is 5.32 Å². The first-order valence-electron chi connectivity index (χ1n) is 7.76. The molecule has 1 aliphatic rings. The highest BCUT2D eigenvalue weighted by molar-refractivity contribution is 6.05. The molecule has 21 heavy (non-hydrogen) atoms. The largest absolute Gasteiger partial charge is 0.305 e. The average Bonchev–Trinajstić information content (AvgIpc) is 2.78. The van der Waals surface area contributed by atoms with Crippen LogP contribution in [0.5, 0.6) is 0 Å². The third-order valence-corrected chi connectivity index (χ3v) is 4.09. The van der Waals surface area contributed by atoms with Gasteiger partial charge in [-0.2, -0.15) is 0 Å². The van der Waals surface area contributed by atoms with Crippen molar-refractivity contribution in [3.8, 4) is 0 Å². The summed E-state index contributed by atoms with van der Waals surface area (Å²) < 4.78 is 0. The van der Waals surface area contributed by atoms with E-state index in [2.05, 4.69) is 17.4 Å². The number of benzene rings is 1. The highest BCUT2D eigenvalue weighted by Gasteiger charge is 2.39. The molecule has 2 unspecified atom stereocenters. The van der Waals surface area contributed by atoms with E-state index < -0.39 is 0 Å². The number of rotatable bonds is 7. The van der Waals surface area contributed by atoms with Crippen LogP contribution in [0, 0.1) is 0 Å². The highest BCUT2D eigenvalue weighted by Crippen LogP contribution is 2.18. The van der Waals surface area contributed by atoms with Crippen LogP contribution in [0.25, 0.3) is 0 Å². The van der Waals surface area contributed by atoms with Gasteiger partial charge in [0.25, 0.3) is 0 Å². The lowest BCUT2D eigenvalue weighted by Gasteiger charge is -2.21. The minimum atomic E-state index is -0.331. The predicted molar refractivity (Wildman–Crippen MR) is 82.8 cm³/mol. The smallest absolute Gasteiger partial charge is 0.247 e. The number of amides is 2. The molecule has 2 rings (SSSR count). The Bertz CT molecular complexity index is 487. The zero-order chi connectivity index (χ0) is 15.2. The standard InChI is InChI=1S/C17H24N2O2/c1-3-13(2)19-16(20)12-15(17(19)21)18-11-7-10-14-8-5-4-6-9-14/h4-6,8-9,13,15,18H,3,7,10-12H2,1-2H3. The number of imide groups is 1. The molecule has 0 aromatic heterocycles. The summed E-state index contributed by atoms with van der Waals surface area (Å²) in [5, 5.41) is 3.23. The second-order valence-electron chi connectivity index (χ2n) is 5.66. The van der Waals surface area contributed by atoms with Crippen LogP contribution in [0.2, 0.25) is 0 Å². The van der Waals surface area contributed by atoms with Crippen LogP contribution in [-0.2, 0) is 16.0 Å². The molecular weight excluding hydrogens is 264 g/mol. The number of nitrogens with one attached hydrogen (secondary N) is 1. The number of likely N-dealkylation sites (tertiary alicyclic amines) is 1. The van der Waals surface area contributed by atoms with Gasteiger partial charge in [0.05, 0.1) is 12.5 Å². The van der Waals surface area contributed by atoms with Gasteiger partial charge in [0.1, 0.15) is 0 Å². The Hall–Kier alpha value is -1.68. The van der Waals surface area contributed by atoms with E-state index in [-0.39, 0.29) is 23.9 Å². The van der Waals surface area contributed by atoms with Gasteiger partial charge in [0.2, 0.25) is 11.8 Å². The quantitative estimate of drug-likeness (QED) is 0.618. The number of nitrogens with zero attached hydrogens (tertiary/aromatic N) is 1. The van der Waals surface area contributed by atoms with Crippen LogP contribution >= 0.6 is 0 Å². The van der Waals surface area contributed by atoms with Crippen molar-refractivity contribution < 1.29 is 9.59 Å². The van der Waals surface area contributed by atoms with Gasteiger partial charge in [-0.05, 0) is 38.3 Å². The van der Waals surface area contributed by atoms with Gasteiger partial charge in [0.15, 0.2) is 0 Å². The molecular formula is C17H24N2O2.